The molecular formula is C31H39N3O6. The number of anilines is 1. The molecule has 1 unspecified atom stereocenters. The first-order valence-electron chi connectivity index (χ1n) is 13.6. The Morgan fingerprint density at radius 1 is 1.02 bits per heavy atom. The van der Waals surface area contributed by atoms with Gasteiger partial charge >= 0.3 is 6.03 Å². The Morgan fingerprint density at radius 3 is 2.48 bits per heavy atom. The fourth-order valence-electron chi connectivity index (χ4n) is 4.94. The van der Waals surface area contributed by atoms with E-state index in [1.807, 2.05) is 67.4 Å². The van der Waals surface area contributed by atoms with Gasteiger partial charge in [-0.2, -0.15) is 0 Å². The number of nitrogens with one attached hydrogen (secondary N) is 2. The highest BCUT2D eigenvalue weighted by Gasteiger charge is 2.39. The van der Waals surface area contributed by atoms with Crippen LogP contribution >= 0.6 is 0 Å². The van der Waals surface area contributed by atoms with Crippen LogP contribution in [-0.4, -0.2) is 59.0 Å². The predicted octanol–water partition coefficient (Wildman–Crippen LogP) is 4.48. The van der Waals surface area contributed by atoms with Crippen molar-refractivity contribution >= 4 is 11.7 Å². The Hall–Kier alpha value is -3.47. The number of carbonyl (C=O) groups is 1. The molecule has 5 atom stereocenters. The first-order chi connectivity index (χ1) is 19.3. The van der Waals surface area contributed by atoms with E-state index in [9.17, 15) is 20.1 Å². The smallest absolute Gasteiger partial charge is 0.319 e. The van der Waals surface area contributed by atoms with Gasteiger partial charge in [0, 0.05) is 36.8 Å². The van der Waals surface area contributed by atoms with Gasteiger partial charge in [-0.15, -0.1) is 0 Å². The minimum atomic E-state index is -0.776. The van der Waals surface area contributed by atoms with Crippen molar-refractivity contribution in [1.82, 2.24) is 10.2 Å². The fraction of sp³-hybridized carbons (Fsp3) is 0.387. The number of carbonyl (C=O) groups excluding carboxylic acids is 1. The highest BCUT2D eigenvalue weighted by molar-refractivity contribution is 5.89. The van der Waals surface area contributed by atoms with Gasteiger partial charge in [0.2, 0.25) is 0 Å². The Bertz CT molecular complexity index is 1250. The molecule has 0 aromatic heterocycles. The van der Waals surface area contributed by atoms with Crippen LogP contribution in [0.15, 0.2) is 72.8 Å². The number of benzene rings is 3. The summed E-state index contributed by atoms with van der Waals surface area (Å²) in [7, 11) is 1.93. The molecule has 9 nitrogen and oxygen atoms in total. The van der Waals surface area contributed by atoms with Gasteiger partial charge in [-0.05, 0) is 54.9 Å². The number of aliphatic hydroxyl groups is 2. The van der Waals surface area contributed by atoms with Crippen molar-refractivity contribution in [2.45, 2.75) is 45.1 Å². The summed E-state index contributed by atoms with van der Waals surface area (Å²) in [5.41, 5.74) is 3.83. The topological polar surface area (TPSA) is 124 Å². The minimum absolute atomic E-state index is 0.0340. The first kappa shape index (κ1) is 29.5. The molecule has 0 aliphatic carbocycles. The van der Waals surface area contributed by atoms with Crippen molar-refractivity contribution in [2.75, 3.05) is 32.0 Å². The maximum absolute atomic E-state index is 12.1. The van der Waals surface area contributed by atoms with Gasteiger partial charge in [0.25, 0.3) is 0 Å². The van der Waals surface area contributed by atoms with Gasteiger partial charge in [-0.1, -0.05) is 55.5 Å². The molecule has 0 saturated carbocycles. The van der Waals surface area contributed by atoms with Gasteiger partial charge in [0.1, 0.15) is 5.75 Å². The van der Waals surface area contributed by atoms with Crippen LogP contribution in [0.2, 0.25) is 0 Å². The van der Waals surface area contributed by atoms with E-state index in [1.165, 1.54) is 0 Å². The maximum atomic E-state index is 12.1. The van der Waals surface area contributed by atoms with E-state index in [1.54, 1.807) is 24.3 Å². The lowest BCUT2D eigenvalue weighted by molar-refractivity contribution is -0.276. The number of hydrogen-bond donors (Lipinski definition) is 5. The van der Waals surface area contributed by atoms with E-state index in [0.717, 1.165) is 16.7 Å². The molecule has 1 aliphatic heterocycles. The van der Waals surface area contributed by atoms with Crippen LogP contribution in [-0.2, 0) is 16.1 Å². The number of phenolic OH excluding ortho intramolecular Hbond substituents is 1. The van der Waals surface area contributed by atoms with Crippen molar-refractivity contribution in [2.24, 2.45) is 5.92 Å². The lowest BCUT2D eigenvalue weighted by Crippen LogP contribution is -2.44. The van der Waals surface area contributed by atoms with Crippen LogP contribution in [0, 0.1) is 5.92 Å². The van der Waals surface area contributed by atoms with Gasteiger partial charge in [0.05, 0.1) is 24.9 Å². The average molecular weight is 550 g/mol. The van der Waals surface area contributed by atoms with Crippen LogP contribution in [0.3, 0.4) is 0 Å². The number of amides is 2. The van der Waals surface area contributed by atoms with Gasteiger partial charge in [-0.3, -0.25) is 0 Å². The van der Waals surface area contributed by atoms with Crippen LogP contribution in [0.1, 0.15) is 54.6 Å². The number of phenols is 1. The largest absolute Gasteiger partial charge is 0.508 e. The van der Waals surface area contributed by atoms with Crippen molar-refractivity contribution in [1.29, 1.82) is 0 Å². The molecule has 1 aliphatic rings. The maximum Gasteiger partial charge on any atom is 0.319 e. The summed E-state index contributed by atoms with van der Waals surface area (Å²) in [4.78, 5) is 14.1. The lowest BCUT2D eigenvalue weighted by atomic mass is 9.90. The molecule has 0 spiro atoms. The normalized spacial score (nSPS) is 21.6. The molecule has 5 N–H and O–H groups in total. The second-order valence-electron chi connectivity index (χ2n) is 10.3. The van der Waals surface area contributed by atoms with Gasteiger partial charge in [-0.25, -0.2) is 4.79 Å². The van der Waals surface area contributed by atoms with E-state index in [0.29, 0.717) is 30.9 Å². The number of nitrogens with zero attached hydrogens (tertiary/aromatic N) is 1. The van der Waals surface area contributed by atoms with Crippen molar-refractivity contribution in [3.63, 3.8) is 0 Å². The average Bonchev–Trinajstić information content (AvgIpc) is 2.94. The number of ether oxygens (including phenoxy) is 2. The van der Waals surface area contributed by atoms with E-state index < -0.39 is 12.4 Å². The molecule has 1 saturated heterocycles. The number of hydrogen-bond acceptors (Lipinski definition) is 7. The third kappa shape index (κ3) is 7.59. The zero-order chi connectivity index (χ0) is 28.6. The fourth-order valence-corrected chi connectivity index (χ4v) is 4.94. The summed E-state index contributed by atoms with van der Waals surface area (Å²) in [5.74, 6) is 0.0793. The summed E-state index contributed by atoms with van der Waals surface area (Å²) >= 11 is 0. The van der Waals surface area contributed by atoms with E-state index in [-0.39, 0.29) is 36.5 Å². The molecule has 3 aromatic rings. The molecule has 0 radical (unpaired) electrons. The van der Waals surface area contributed by atoms with Gasteiger partial charge < -0.3 is 40.3 Å². The van der Waals surface area contributed by atoms with Crippen molar-refractivity contribution in [3.8, 4) is 5.75 Å². The van der Waals surface area contributed by atoms with E-state index in [2.05, 4.69) is 17.6 Å². The lowest BCUT2D eigenvalue weighted by Gasteiger charge is -2.42. The third-order valence-electron chi connectivity index (χ3n) is 7.11. The molecule has 1 heterocycles. The molecule has 9 heteroatoms. The molecule has 214 valence electrons. The molecule has 1 fully saturated rings. The summed E-state index contributed by atoms with van der Waals surface area (Å²) in [5, 5.41) is 35.6. The number of aromatic hydroxyl groups is 1. The highest BCUT2D eigenvalue weighted by Crippen LogP contribution is 2.42. The van der Waals surface area contributed by atoms with Crippen LogP contribution < -0.4 is 10.6 Å². The zero-order valence-electron chi connectivity index (χ0n) is 23.2. The highest BCUT2D eigenvalue weighted by atomic mass is 16.7. The summed E-state index contributed by atoms with van der Waals surface area (Å²) < 4.78 is 13.0. The molecule has 4 rings (SSSR count). The van der Waals surface area contributed by atoms with Crippen LogP contribution in [0.5, 0.6) is 5.75 Å². The second-order valence-corrected chi connectivity index (χ2v) is 10.3. The number of urea groups is 1. The quantitative estimate of drug-likeness (QED) is 0.253. The minimum Gasteiger partial charge on any atom is -0.508 e. The Labute approximate surface area is 235 Å². The Kier molecular flexibility index (Phi) is 10.1. The van der Waals surface area contributed by atoms with Crippen LogP contribution in [0.4, 0.5) is 10.5 Å². The third-order valence-corrected chi connectivity index (χ3v) is 7.11. The SMILES string of the molecule is CCNC(=O)Nc1cccc(C2O[C@H](CN(C)C[C@@H](O)c3cccc(O)c3)[C@H](C)[C@H](c3ccc(CO)cc3)O2)c1. The first-order valence-corrected chi connectivity index (χ1v) is 13.6. The van der Waals surface area contributed by atoms with Gasteiger partial charge in [0.15, 0.2) is 6.29 Å². The molecular weight excluding hydrogens is 510 g/mol. The van der Waals surface area contributed by atoms with Crippen LogP contribution in [0.25, 0.3) is 0 Å². The standard InChI is InChI=1S/C31H39N3O6/c1-4-32-31(38)33-25-9-5-8-24(15-25)30-39-28(18-34(3)17-27(37)23-7-6-10-26(36)16-23)20(2)29(40-30)22-13-11-21(19-35)12-14-22/h5-16,20,27-30,35-37H,4,17-19H2,1-3H3,(H2,32,33,38)/t20-,27+,28+,29+,30?/m0/s1. The summed E-state index contributed by atoms with van der Waals surface area (Å²) in [6.07, 6.45) is -2.01. The molecule has 0 bridgehead atoms. The zero-order valence-corrected chi connectivity index (χ0v) is 23.2. The van der Waals surface area contributed by atoms with Crippen molar-refractivity contribution in [3.05, 3.63) is 95.1 Å². The molecule has 2 amide bonds. The number of rotatable bonds is 10. The van der Waals surface area contributed by atoms with E-state index in [4.69, 9.17) is 9.47 Å². The monoisotopic (exact) mass is 549 g/mol. The second kappa shape index (κ2) is 13.7. The van der Waals surface area contributed by atoms with E-state index >= 15 is 0 Å². The van der Waals surface area contributed by atoms with Crippen molar-refractivity contribution < 1.29 is 29.6 Å². The molecule has 40 heavy (non-hydrogen) atoms. The predicted molar refractivity (Wildman–Crippen MR) is 153 cm³/mol. The summed E-state index contributed by atoms with van der Waals surface area (Å²) in [6, 6.07) is 21.5. The Balaban J connectivity index is 1.55. The number of likely N-dealkylation sites (N-methyl/N-ethyl adjacent to an activating group) is 1. The molecule has 3 aromatic carbocycles. The summed E-state index contributed by atoms with van der Waals surface area (Å²) in [6.45, 7) is 5.30. The Morgan fingerprint density at radius 2 is 1.77 bits per heavy atom. The number of aliphatic hydroxyl groups excluding tert-OH is 2.